The number of amides is 1. The fourth-order valence-electron chi connectivity index (χ4n) is 1.89. The summed E-state index contributed by atoms with van der Waals surface area (Å²) in [6.45, 7) is 4.82. The fourth-order valence-corrected chi connectivity index (χ4v) is 2.14. The molecule has 116 valence electrons. The SMILES string of the molecule is CCC(C)N(CCOC)C(=O)c1ccc([N+](=O)[O-])c(Cl)c1. The Balaban J connectivity index is 3.03. The summed E-state index contributed by atoms with van der Waals surface area (Å²) in [7, 11) is 1.57. The molecule has 0 saturated carbocycles. The van der Waals surface area contributed by atoms with E-state index in [4.69, 9.17) is 16.3 Å². The van der Waals surface area contributed by atoms with E-state index in [0.29, 0.717) is 18.7 Å². The minimum absolute atomic E-state index is 0.0401. The molecule has 1 aromatic carbocycles. The number of carbonyl (C=O) groups excluding carboxylic acids is 1. The van der Waals surface area contributed by atoms with Gasteiger partial charge in [-0.25, -0.2) is 0 Å². The van der Waals surface area contributed by atoms with Crippen molar-refractivity contribution < 1.29 is 14.5 Å². The minimum Gasteiger partial charge on any atom is -0.383 e. The van der Waals surface area contributed by atoms with Crippen LogP contribution in [0.3, 0.4) is 0 Å². The molecule has 0 aliphatic carbocycles. The van der Waals surface area contributed by atoms with Crippen molar-refractivity contribution in [2.24, 2.45) is 0 Å². The minimum atomic E-state index is -0.575. The molecule has 1 atom stereocenters. The average molecular weight is 315 g/mol. The van der Waals surface area contributed by atoms with Crippen molar-refractivity contribution in [3.8, 4) is 0 Å². The molecule has 1 aromatic rings. The van der Waals surface area contributed by atoms with Crippen LogP contribution in [0.15, 0.2) is 18.2 Å². The van der Waals surface area contributed by atoms with Crippen molar-refractivity contribution in [1.29, 1.82) is 0 Å². The van der Waals surface area contributed by atoms with Gasteiger partial charge in [0.2, 0.25) is 0 Å². The smallest absolute Gasteiger partial charge is 0.287 e. The Labute approximate surface area is 128 Å². The summed E-state index contributed by atoms with van der Waals surface area (Å²) < 4.78 is 5.02. The predicted octanol–water partition coefficient (Wildman–Crippen LogP) is 3.14. The molecule has 0 aliphatic heterocycles. The Kier molecular flexibility index (Phi) is 6.58. The van der Waals surface area contributed by atoms with Crippen LogP contribution in [0.25, 0.3) is 0 Å². The van der Waals surface area contributed by atoms with Crippen LogP contribution in [0.1, 0.15) is 30.6 Å². The molecule has 1 amide bonds. The zero-order chi connectivity index (χ0) is 16.0. The van der Waals surface area contributed by atoms with Gasteiger partial charge in [0, 0.05) is 31.3 Å². The van der Waals surface area contributed by atoms with Gasteiger partial charge in [-0.15, -0.1) is 0 Å². The van der Waals surface area contributed by atoms with Crippen LogP contribution >= 0.6 is 11.6 Å². The molecular formula is C14H19ClN2O4. The van der Waals surface area contributed by atoms with Gasteiger partial charge in [-0.1, -0.05) is 18.5 Å². The summed E-state index contributed by atoms with van der Waals surface area (Å²) in [6, 6.07) is 4.06. The van der Waals surface area contributed by atoms with Crippen LogP contribution in [0.4, 0.5) is 5.69 Å². The highest BCUT2D eigenvalue weighted by Crippen LogP contribution is 2.26. The molecule has 7 heteroatoms. The largest absolute Gasteiger partial charge is 0.383 e. The molecule has 0 heterocycles. The number of hydrogen-bond acceptors (Lipinski definition) is 4. The molecule has 21 heavy (non-hydrogen) atoms. The third-order valence-electron chi connectivity index (χ3n) is 3.31. The Bertz CT molecular complexity index is 522. The van der Waals surface area contributed by atoms with Gasteiger partial charge in [0.15, 0.2) is 0 Å². The maximum atomic E-state index is 12.5. The van der Waals surface area contributed by atoms with Crippen molar-refractivity contribution in [2.45, 2.75) is 26.3 Å². The van der Waals surface area contributed by atoms with E-state index in [1.165, 1.54) is 18.2 Å². The molecule has 0 fully saturated rings. The standard InChI is InChI=1S/C14H19ClN2O4/c1-4-10(2)16(7-8-21-3)14(18)11-5-6-13(17(19)20)12(15)9-11/h5-6,9-10H,4,7-8H2,1-3H3. The van der Waals surface area contributed by atoms with E-state index in [1.807, 2.05) is 13.8 Å². The van der Waals surface area contributed by atoms with Crippen molar-refractivity contribution in [2.75, 3.05) is 20.3 Å². The number of ether oxygens (including phenoxy) is 1. The number of rotatable bonds is 7. The van der Waals surface area contributed by atoms with Gasteiger partial charge in [-0.05, 0) is 25.5 Å². The number of carbonyl (C=O) groups is 1. The monoisotopic (exact) mass is 314 g/mol. The second-order valence-corrected chi connectivity index (χ2v) is 5.08. The summed E-state index contributed by atoms with van der Waals surface area (Å²) >= 11 is 5.85. The highest BCUT2D eigenvalue weighted by atomic mass is 35.5. The molecular weight excluding hydrogens is 296 g/mol. The van der Waals surface area contributed by atoms with E-state index in [2.05, 4.69) is 0 Å². The molecule has 0 aromatic heterocycles. The first-order valence-corrected chi connectivity index (χ1v) is 7.04. The summed E-state index contributed by atoms with van der Waals surface area (Å²) in [5.74, 6) is -0.210. The number of methoxy groups -OCH3 is 1. The molecule has 0 N–H and O–H groups in total. The first-order chi connectivity index (χ1) is 9.92. The summed E-state index contributed by atoms with van der Waals surface area (Å²) in [5.41, 5.74) is 0.127. The Hall–Kier alpha value is -1.66. The lowest BCUT2D eigenvalue weighted by Crippen LogP contribution is -2.40. The third-order valence-corrected chi connectivity index (χ3v) is 3.61. The van der Waals surface area contributed by atoms with Gasteiger partial charge in [0.25, 0.3) is 11.6 Å². The molecule has 0 bridgehead atoms. The van der Waals surface area contributed by atoms with E-state index in [0.717, 1.165) is 6.42 Å². The molecule has 6 nitrogen and oxygen atoms in total. The van der Waals surface area contributed by atoms with Gasteiger partial charge >= 0.3 is 0 Å². The van der Waals surface area contributed by atoms with Crippen molar-refractivity contribution in [3.63, 3.8) is 0 Å². The highest BCUT2D eigenvalue weighted by Gasteiger charge is 2.22. The van der Waals surface area contributed by atoms with Crippen LogP contribution in [-0.2, 0) is 4.74 Å². The van der Waals surface area contributed by atoms with Gasteiger partial charge in [0.05, 0.1) is 11.5 Å². The summed E-state index contributed by atoms with van der Waals surface area (Å²) in [4.78, 5) is 24.4. The Morgan fingerprint density at radius 3 is 2.67 bits per heavy atom. The zero-order valence-electron chi connectivity index (χ0n) is 12.3. The van der Waals surface area contributed by atoms with Crippen LogP contribution < -0.4 is 0 Å². The number of nitro groups is 1. The van der Waals surface area contributed by atoms with Gasteiger partial charge in [-0.3, -0.25) is 14.9 Å². The predicted molar refractivity (Wildman–Crippen MR) is 80.8 cm³/mol. The highest BCUT2D eigenvalue weighted by molar-refractivity contribution is 6.33. The maximum Gasteiger partial charge on any atom is 0.287 e. The van der Waals surface area contributed by atoms with E-state index in [-0.39, 0.29) is 22.7 Å². The molecule has 1 unspecified atom stereocenters. The Morgan fingerprint density at radius 2 is 2.19 bits per heavy atom. The van der Waals surface area contributed by atoms with E-state index in [1.54, 1.807) is 12.0 Å². The number of benzene rings is 1. The molecule has 1 rings (SSSR count). The molecule has 0 spiro atoms. The topological polar surface area (TPSA) is 72.7 Å². The van der Waals surface area contributed by atoms with Gasteiger partial charge < -0.3 is 9.64 Å². The first kappa shape index (κ1) is 17.4. The molecule has 0 radical (unpaired) electrons. The Morgan fingerprint density at radius 1 is 1.52 bits per heavy atom. The number of nitro benzene ring substituents is 1. The van der Waals surface area contributed by atoms with E-state index < -0.39 is 4.92 Å². The van der Waals surface area contributed by atoms with Gasteiger partial charge in [0.1, 0.15) is 5.02 Å². The van der Waals surface area contributed by atoms with E-state index >= 15 is 0 Å². The summed E-state index contributed by atoms with van der Waals surface area (Å²) in [6.07, 6.45) is 0.802. The number of nitrogens with zero attached hydrogens (tertiary/aromatic N) is 2. The fraction of sp³-hybridized carbons (Fsp3) is 0.500. The molecule has 0 saturated heterocycles. The van der Waals surface area contributed by atoms with Crippen molar-refractivity contribution in [1.82, 2.24) is 4.90 Å². The summed E-state index contributed by atoms with van der Waals surface area (Å²) in [5, 5.41) is 10.7. The second-order valence-electron chi connectivity index (χ2n) is 4.67. The lowest BCUT2D eigenvalue weighted by molar-refractivity contribution is -0.384. The third kappa shape index (κ3) is 4.41. The number of hydrogen-bond donors (Lipinski definition) is 0. The number of halogens is 1. The van der Waals surface area contributed by atoms with E-state index in [9.17, 15) is 14.9 Å². The van der Waals surface area contributed by atoms with Crippen LogP contribution in [0.2, 0.25) is 5.02 Å². The lowest BCUT2D eigenvalue weighted by Gasteiger charge is -2.28. The quantitative estimate of drug-likeness (QED) is 0.572. The maximum absolute atomic E-state index is 12.5. The normalized spacial score (nSPS) is 12.0. The van der Waals surface area contributed by atoms with Crippen LogP contribution in [0.5, 0.6) is 0 Å². The lowest BCUT2D eigenvalue weighted by atomic mass is 10.1. The van der Waals surface area contributed by atoms with Crippen LogP contribution in [-0.4, -0.2) is 42.0 Å². The second kappa shape index (κ2) is 7.95. The average Bonchev–Trinajstić information content (AvgIpc) is 2.46. The van der Waals surface area contributed by atoms with Crippen molar-refractivity contribution in [3.05, 3.63) is 38.9 Å². The van der Waals surface area contributed by atoms with Crippen LogP contribution in [0, 0.1) is 10.1 Å². The zero-order valence-corrected chi connectivity index (χ0v) is 13.1. The van der Waals surface area contributed by atoms with Gasteiger partial charge in [-0.2, -0.15) is 0 Å². The van der Waals surface area contributed by atoms with Crippen molar-refractivity contribution >= 4 is 23.2 Å². The molecule has 0 aliphatic rings. The first-order valence-electron chi connectivity index (χ1n) is 6.66.